The molecule has 32 heavy (non-hydrogen) atoms. The van der Waals surface area contributed by atoms with Gasteiger partial charge in [0.15, 0.2) is 0 Å². The maximum Gasteiger partial charge on any atom is 0.302 e. The van der Waals surface area contributed by atoms with Crippen molar-refractivity contribution >= 4 is 5.97 Å². The summed E-state index contributed by atoms with van der Waals surface area (Å²) in [5, 5.41) is 0. The smallest absolute Gasteiger partial charge is 0.302 e. The molecular weight excluding hydrogens is 396 g/mol. The van der Waals surface area contributed by atoms with Crippen LogP contribution in [0.15, 0.2) is 0 Å². The minimum absolute atomic E-state index is 0.00240. The number of epoxide rings is 1. The van der Waals surface area contributed by atoms with E-state index in [1.54, 1.807) is 6.92 Å². The van der Waals surface area contributed by atoms with Gasteiger partial charge in [-0.25, -0.2) is 0 Å². The summed E-state index contributed by atoms with van der Waals surface area (Å²) in [5.74, 6) is 5.03. The normalized spacial score (nSPS) is 50.1. The van der Waals surface area contributed by atoms with Crippen LogP contribution in [0.1, 0.15) is 112 Å². The molecule has 0 radical (unpaired) electrons. The number of hydrogen-bond acceptors (Lipinski definition) is 3. The van der Waals surface area contributed by atoms with Crippen molar-refractivity contribution < 1.29 is 14.3 Å². The number of ether oxygens (including phenoxy) is 2. The first kappa shape index (κ1) is 23.2. The van der Waals surface area contributed by atoms with Crippen molar-refractivity contribution in [1.29, 1.82) is 0 Å². The van der Waals surface area contributed by atoms with Crippen molar-refractivity contribution in [3.8, 4) is 0 Å². The van der Waals surface area contributed by atoms with E-state index in [0.717, 1.165) is 48.3 Å². The Morgan fingerprint density at radius 3 is 2.53 bits per heavy atom. The van der Waals surface area contributed by atoms with Crippen LogP contribution >= 0.6 is 0 Å². The summed E-state index contributed by atoms with van der Waals surface area (Å²) in [5.41, 5.74) is 0.820. The van der Waals surface area contributed by atoms with Crippen LogP contribution < -0.4 is 0 Å². The number of hydrogen-bond donors (Lipinski definition) is 0. The van der Waals surface area contributed by atoms with Crippen LogP contribution in [0.4, 0.5) is 0 Å². The maximum atomic E-state index is 11.6. The largest absolute Gasteiger partial charge is 0.462 e. The lowest BCUT2D eigenvalue weighted by atomic mass is 9.44. The van der Waals surface area contributed by atoms with Crippen molar-refractivity contribution in [2.45, 2.75) is 130 Å². The van der Waals surface area contributed by atoms with E-state index < -0.39 is 0 Å². The number of fused-ring (bicyclic) bond motifs is 4. The highest BCUT2D eigenvalue weighted by molar-refractivity contribution is 5.66. The van der Waals surface area contributed by atoms with E-state index in [0.29, 0.717) is 11.5 Å². The molecule has 3 nitrogen and oxygen atoms in total. The van der Waals surface area contributed by atoms with E-state index in [2.05, 4.69) is 34.6 Å². The van der Waals surface area contributed by atoms with Gasteiger partial charge in [-0.2, -0.15) is 0 Å². The molecule has 1 saturated heterocycles. The van der Waals surface area contributed by atoms with Gasteiger partial charge in [0.05, 0.1) is 6.10 Å². The molecule has 1 aliphatic heterocycles. The van der Waals surface area contributed by atoms with E-state index in [-0.39, 0.29) is 23.1 Å². The van der Waals surface area contributed by atoms with Gasteiger partial charge in [-0.3, -0.25) is 4.79 Å². The Morgan fingerprint density at radius 2 is 1.81 bits per heavy atom. The Bertz CT molecular complexity index is 732. The lowest BCUT2D eigenvalue weighted by molar-refractivity contribution is -0.157. The predicted molar refractivity (Wildman–Crippen MR) is 128 cm³/mol. The fourth-order valence-electron chi connectivity index (χ4n) is 10.00. The summed E-state index contributed by atoms with van der Waals surface area (Å²) in [6.07, 6.45) is 14.8. The van der Waals surface area contributed by atoms with Gasteiger partial charge in [-0.15, -0.1) is 0 Å². The topological polar surface area (TPSA) is 38.8 Å². The van der Waals surface area contributed by atoms with Gasteiger partial charge in [-0.1, -0.05) is 53.9 Å². The van der Waals surface area contributed by atoms with E-state index in [4.69, 9.17) is 9.47 Å². The monoisotopic (exact) mass is 444 g/mol. The highest BCUT2D eigenvalue weighted by atomic mass is 16.6. The van der Waals surface area contributed by atoms with Crippen LogP contribution in [0.25, 0.3) is 0 Å². The molecular formula is C29H48O3. The zero-order valence-electron chi connectivity index (χ0n) is 21.6. The Kier molecular flexibility index (Phi) is 5.79. The molecule has 4 aliphatic carbocycles. The van der Waals surface area contributed by atoms with Crippen molar-refractivity contribution in [2.75, 3.05) is 0 Å². The summed E-state index contributed by atoms with van der Waals surface area (Å²) >= 11 is 0. The Balaban J connectivity index is 1.30. The number of rotatable bonds is 6. The molecule has 5 aliphatic rings. The summed E-state index contributed by atoms with van der Waals surface area (Å²) in [7, 11) is 0. The molecule has 10 atom stereocenters. The molecule has 1 spiro atoms. The standard InChI is InChI=1S/C29H48O3/c1-18(2)8-7-9-19(3)23-10-11-24-22-16-26-29(32-26)17-21(31-20(4)30)12-15-28(29,6)25(22)13-14-27(23,24)5/h18-19,21-26H,7-17H2,1-6H3/t19-,21+,22-,23+,24-,25-,26-,27+,28+,29-/m0/s1. The van der Waals surface area contributed by atoms with E-state index in [1.807, 2.05) is 0 Å². The van der Waals surface area contributed by atoms with E-state index in [9.17, 15) is 4.79 Å². The lowest BCUT2D eigenvalue weighted by Gasteiger charge is -2.59. The van der Waals surface area contributed by atoms with Crippen LogP contribution in [0.3, 0.4) is 0 Å². The SMILES string of the molecule is CC(=O)O[C@@H]1CC[C@]2(C)[C@H]3CC[C@]4(C)[C@@H]([C@@H](C)CCCC(C)C)CC[C@H]4[C@@H]3C[C@@H]3O[C@@]32C1. The van der Waals surface area contributed by atoms with Crippen LogP contribution in [-0.2, 0) is 14.3 Å². The second-order valence-electron chi connectivity index (χ2n) is 13.5. The summed E-state index contributed by atoms with van der Waals surface area (Å²) < 4.78 is 12.3. The van der Waals surface area contributed by atoms with Crippen LogP contribution in [0.5, 0.6) is 0 Å². The highest BCUT2D eigenvalue weighted by Crippen LogP contribution is 2.74. The van der Waals surface area contributed by atoms with Crippen LogP contribution in [0, 0.1) is 46.3 Å². The molecule has 0 aromatic carbocycles. The molecule has 4 saturated carbocycles. The zero-order valence-corrected chi connectivity index (χ0v) is 21.6. The molecule has 0 amide bonds. The average Bonchev–Trinajstić information content (AvgIpc) is 3.28. The molecule has 5 rings (SSSR count). The molecule has 3 heteroatoms. The summed E-state index contributed by atoms with van der Waals surface area (Å²) in [6, 6.07) is 0. The van der Waals surface area contributed by atoms with Gasteiger partial charge in [0.1, 0.15) is 11.7 Å². The van der Waals surface area contributed by atoms with Crippen molar-refractivity contribution in [2.24, 2.45) is 46.3 Å². The third kappa shape index (κ3) is 3.42. The zero-order chi connectivity index (χ0) is 22.9. The van der Waals surface area contributed by atoms with Gasteiger partial charge >= 0.3 is 5.97 Å². The summed E-state index contributed by atoms with van der Waals surface area (Å²) in [6.45, 7) is 14.1. The lowest BCUT2D eigenvalue weighted by Crippen LogP contribution is -2.59. The summed E-state index contributed by atoms with van der Waals surface area (Å²) in [4.78, 5) is 11.6. The quantitative estimate of drug-likeness (QED) is 0.322. The molecule has 0 unspecified atom stereocenters. The van der Waals surface area contributed by atoms with Gasteiger partial charge in [-0.05, 0) is 85.9 Å². The fraction of sp³-hybridized carbons (Fsp3) is 0.966. The molecule has 182 valence electrons. The molecule has 0 aromatic rings. The number of carbonyl (C=O) groups is 1. The third-order valence-corrected chi connectivity index (χ3v) is 11.6. The second-order valence-corrected chi connectivity index (χ2v) is 13.5. The Morgan fingerprint density at radius 1 is 1.03 bits per heavy atom. The minimum atomic E-state index is -0.131. The first-order chi connectivity index (χ1) is 15.1. The van der Waals surface area contributed by atoms with Gasteiger partial charge in [0.25, 0.3) is 0 Å². The van der Waals surface area contributed by atoms with Crippen LogP contribution in [-0.4, -0.2) is 23.8 Å². The second kappa shape index (κ2) is 7.99. The van der Waals surface area contributed by atoms with Gasteiger partial charge in [0, 0.05) is 18.8 Å². The van der Waals surface area contributed by atoms with E-state index in [1.165, 1.54) is 57.8 Å². The third-order valence-electron chi connectivity index (χ3n) is 11.6. The van der Waals surface area contributed by atoms with E-state index >= 15 is 0 Å². The molecule has 0 N–H and O–H groups in total. The first-order valence-corrected chi connectivity index (χ1v) is 14.0. The predicted octanol–water partition coefficient (Wildman–Crippen LogP) is 7.17. The Labute approximate surface area is 196 Å². The minimum Gasteiger partial charge on any atom is -0.462 e. The van der Waals surface area contributed by atoms with Crippen molar-refractivity contribution in [3.05, 3.63) is 0 Å². The van der Waals surface area contributed by atoms with Gasteiger partial charge < -0.3 is 9.47 Å². The molecule has 0 bridgehead atoms. The Hall–Kier alpha value is -0.570. The first-order valence-electron chi connectivity index (χ1n) is 14.0. The molecule has 5 fully saturated rings. The highest BCUT2D eigenvalue weighted by Gasteiger charge is 2.76. The molecule has 0 aromatic heterocycles. The average molecular weight is 445 g/mol. The van der Waals surface area contributed by atoms with Gasteiger partial charge in [0.2, 0.25) is 0 Å². The number of esters is 1. The van der Waals surface area contributed by atoms with Crippen LogP contribution in [0.2, 0.25) is 0 Å². The maximum absolute atomic E-state index is 11.6. The number of carbonyl (C=O) groups excluding carboxylic acids is 1. The van der Waals surface area contributed by atoms with Crippen molar-refractivity contribution in [1.82, 2.24) is 0 Å². The van der Waals surface area contributed by atoms with Crippen molar-refractivity contribution in [3.63, 3.8) is 0 Å². The molecule has 1 heterocycles. The fourth-order valence-corrected chi connectivity index (χ4v) is 10.00.